The van der Waals surface area contributed by atoms with Crippen LogP contribution in [0.25, 0.3) is 5.82 Å². The highest BCUT2D eigenvalue weighted by Gasteiger charge is 2.15. The van der Waals surface area contributed by atoms with Crippen LogP contribution in [0.15, 0.2) is 29.6 Å². The minimum Gasteiger partial charge on any atom is -0.336 e. The van der Waals surface area contributed by atoms with Crippen LogP contribution < -0.4 is 16.2 Å². The third-order valence-corrected chi connectivity index (χ3v) is 4.06. The molecule has 2 aromatic rings. The van der Waals surface area contributed by atoms with Crippen molar-refractivity contribution in [2.24, 2.45) is 0 Å². The molecule has 1 aliphatic carbocycles. The first-order valence-electron chi connectivity index (χ1n) is 8.20. The Kier molecular flexibility index (Phi) is 5.19. The molecule has 0 spiro atoms. The van der Waals surface area contributed by atoms with Crippen molar-refractivity contribution in [1.29, 1.82) is 0 Å². The summed E-state index contributed by atoms with van der Waals surface area (Å²) in [5.74, 6) is 0.499. The Morgan fingerprint density at radius 1 is 1.25 bits per heavy atom. The fraction of sp³-hybridized carbons (Fsp3) is 0.533. The third kappa shape index (κ3) is 4.18. The number of urea groups is 1. The lowest BCUT2D eigenvalue weighted by atomic mass is 9.96. The summed E-state index contributed by atoms with van der Waals surface area (Å²) in [5, 5.41) is 13.9. The summed E-state index contributed by atoms with van der Waals surface area (Å²) in [6, 6.07) is 3.07. The van der Waals surface area contributed by atoms with Crippen molar-refractivity contribution < 1.29 is 4.79 Å². The van der Waals surface area contributed by atoms with E-state index in [0.717, 1.165) is 12.8 Å². The smallest absolute Gasteiger partial charge is 0.315 e. The Bertz CT molecular complexity index is 720. The molecule has 0 aromatic carbocycles. The van der Waals surface area contributed by atoms with Gasteiger partial charge in [-0.2, -0.15) is 5.10 Å². The molecule has 0 unspecified atom stereocenters. The van der Waals surface area contributed by atoms with Gasteiger partial charge in [0.2, 0.25) is 0 Å². The molecule has 9 heteroatoms. The molecular weight excluding hydrogens is 310 g/mol. The number of amides is 2. The number of nitrogens with zero attached hydrogens (tertiary/aromatic N) is 5. The quantitative estimate of drug-likeness (QED) is 0.827. The van der Waals surface area contributed by atoms with E-state index in [9.17, 15) is 9.59 Å². The highest BCUT2D eigenvalue weighted by Crippen LogP contribution is 2.17. The SMILES string of the molecule is O=C(NCCn1nc(-n2cncn2)ccc1=O)NC1CCCCC1. The molecule has 24 heavy (non-hydrogen) atoms. The molecular formula is C15H21N7O2. The molecule has 2 aromatic heterocycles. The normalized spacial score (nSPS) is 15.2. The summed E-state index contributed by atoms with van der Waals surface area (Å²) >= 11 is 0. The highest BCUT2D eigenvalue weighted by atomic mass is 16.2. The standard InChI is InChI=1S/C15H21N7O2/c23-14-7-6-13(22-11-16-10-18-22)20-21(14)9-8-17-15(24)19-12-4-2-1-3-5-12/h6-7,10-12H,1-5,8-9H2,(H2,17,19,24). The van der Waals surface area contributed by atoms with Gasteiger partial charge < -0.3 is 10.6 Å². The average molecular weight is 331 g/mol. The molecule has 1 fully saturated rings. The molecule has 128 valence electrons. The predicted octanol–water partition coefficient (Wildman–Crippen LogP) is 0.456. The highest BCUT2D eigenvalue weighted by molar-refractivity contribution is 5.74. The number of nitrogens with one attached hydrogen (secondary N) is 2. The van der Waals surface area contributed by atoms with E-state index in [4.69, 9.17) is 0 Å². The predicted molar refractivity (Wildman–Crippen MR) is 86.8 cm³/mol. The van der Waals surface area contributed by atoms with E-state index in [1.165, 1.54) is 47.3 Å². The number of rotatable bonds is 5. The summed E-state index contributed by atoms with van der Waals surface area (Å²) < 4.78 is 2.77. The Hall–Kier alpha value is -2.71. The van der Waals surface area contributed by atoms with Gasteiger partial charge in [0, 0.05) is 18.7 Å². The largest absolute Gasteiger partial charge is 0.336 e. The van der Waals surface area contributed by atoms with Gasteiger partial charge in [0.15, 0.2) is 5.82 Å². The fourth-order valence-corrected chi connectivity index (χ4v) is 2.81. The zero-order valence-electron chi connectivity index (χ0n) is 13.4. The molecule has 1 saturated carbocycles. The zero-order chi connectivity index (χ0) is 16.8. The summed E-state index contributed by atoms with van der Waals surface area (Å²) in [5.41, 5.74) is -0.228. The van der Waals surface area contributed by atoms with Crippen LogP contribution in [-0.4, -0.2) is 43.2 Å². The minimum absolute atomic E-state index is 0.192. The van der Waals surface area contributed by atoms with Crippen molar-refractivity contribution in [3.05, 3.63) is 35.1 Å². The second kappa shape index (κ2) is 7.71. The third-order valence-electron chi connectivity index (χ3n) is 4.06. The molecule has 2 heterocycles. The first-order valence-corrected chi connectivity index (χ1v) is 8.20. The van der Waals surface area contributed by atoms with E-state index in [1.807, 2.05) is 0 Å². The van der Waals surface area contributed by atoms with Crippen molar-refractivity contribution in [3.8, 4) is 5.82 Å². The van der Waals surface area contributed by atoms with E-state index in [1.54, 1.807) is 6.07 Å². The van der Waals surface area contributed by atoms with Crippen LogP contribution >= 0.6 is 0 Å². The van der Waals surface area contributed by atoms with E-state index < -0.39 is 0 Å². The molecule has 0 bridgehead atoms. The molecule has 0 aliphatic heterocycles. The molecule has 3 rings (SSSR count). The van der Waals surface area contributed by atoms with Gasteiger partial charge in [-0.1, -0.05) is 19.3 Å². The van der Waals surface area contributed by atoms with Crippen LogP contribution in [0.1, 0.15) is 32.1 Å². The van der Waals surface area contributed by atoms with E-state index in [-0.39, 0.29) is 17.6 Å². The van der Waals surface area contributed by atoms with Crippen molar-refractivity contribution in [3.63, 3.8) is 0 Å². The molecule has 0 saturated heterocycles. The lowest BCUT2D eigenvalue weighted by Gasteiger charge is -2.22. The number of aromatic nitrogens is 5. The number of hydrogen-bond donors (Lipinski definition) is 2. The number of hydrogen-bond acceptors (Lipinski definition) is 5. The summed E-state index contributed by atoms with van der Waals surface area (Å²) in [6.45, 7) is 0.617. The minimum atomic E-state index is -0.228. The van der Waals surface area contributed by atoms with Crippen LogP contribution in [0.3, 0.4) is 0 Å². The maximum absolute atomic E-state index is 11.9. The van der Waals surface area contributed by atoms with Crippen molar-refractivity contribution in [2.45, 2.75) is 44.7 Å². The molecule has 0 radical (unpaired) electrons. The van der Waals surface area contributed by atoms with Crippen molar-refractivity contribution in [2.75, 3.05) is 6.54 Å². The topological polar surface area (TPSA) is 107 Å². The maximum Gasteiger partial charge on any atom is 0.315 e. The first kappa shape index (κ1) is 16.2. The molecule has 1 aliphatic rings. The summed E-state index contributed by atoms with van der Waals surface area (Å²) in [6.07, 6.45) is 8.55. The molecule has 2 amide bonds. The van der Waals surface area contributed by atoms with E-state index in [0.29, 0.717) is 18.9 Å². The molecule has 2 N–H and O–H groups in total. The van der Waals surface area contributed by atoms with Crippen LogP contribution in [0.4, 0.5) is 4.79 Å². The van der Waals surface area contributed by atoms with Gasteiger partial charge in [-0.3, -0.25) is 4.79 Å². The van der Waals surface area contributed by atoms with Gasteiger partial charge in [0.05, 0.1) is 6.54 Å². The first-order chi connectivity index (χ1) is 11.7. The van der Waals surface area contributed by atoms with Crippen LogP contribution in [-0.2, 0) is 6.54 Å². The van der Waals surface area contributed by atoms with E-state index in [2.05, 4.69) is 25.8 Å². The number of carbonyl (C=O) groups is 1. The Morgan fingerprint density at radius 3 is 2.83 bits per heavy atom. The van der Waals surface area contributed by atoms with Gasteiger partial charge in [-0.25, -0.2) is 19.1 Å². The monoisotopic (exact) mass is 331 g/mol. The van der Waals surface area contributed by atoms with Gasteiger partial charge in [-0.15, -0.1) is 5.10 Å². The second-order valence-corrected chi connectivity index (χ2v) is 5.83. The lowest BCUT2D eigenvalue weighted by molar-refractivity contribution is 0.232. The van der Waals surface area contributed by atoms with Gasteiger partial charge in [0.25, 0.3) is 5.56 Å². The molecule has 0 atom stereocenters. The van der Waals surface area contributed by atoms with Crippen LogP contribution in [0, 0.1) is 0 Å². The molecule has 9 nitrogen and oxygen atoms in total. The maximum atomic E-state index is 11.9. The number of carbonyl (C=O) groups excluding carboxylic acids is 1. The summed E-state index contributed by atoms with van der Waals surface area (Å²) in [7, 11) is 0. The zero-order valence-corrected chi connectivity index (χ0v) is 13.4. The van der Waals surface area contributed by atoms with Crippen molar-refractivity contribution >= 4 is 6.03 Å². The van der Waals surface area contributed by atoms with Crippen LogP contribution in [0.5, 0.6) is 0 Å². The van der Waals surface area contributed by atoms with Crippen molar-refractivity contribution in [1.82, 2.24) is 35.2 Å². The Labute approximate surface area is 139 Å². The Balaban J connectivity index is 1.51. The average Bonchev–Trinajstić information content (AvgIpc) is 3.12. The van der Waals surface area contributed by atoms with Crippen LogP contribution in [0.2, 0.25) is 0 Å². The van der Waals surface area contributed by atoms with Gasteiger partial charge >= 0.3 is 6.03 Å². The summed E-state index contributed by atoms with van der Waals surface area (Å²) in [4.78, 5) is 27.6. The van der Waals surface area contributed by atoms with Gasteiger partial charge in [0.1, 0.15) is 12.7 Å². The fourth-order valence-electron chi connectivity index (χ4n) is 2.81. The Morgan fingerprint density at radius 2 is 2.08 bits per heavy atom. The van der Waals surface area contributed by atoms with E-state index >= 15 is 0 Å². The lowest BCUT2D eigenvalue weighted by Crippen LogP contribution is -2.44. The van der Waals surface area contributed by atoms with Gasteiger partial charge in [-0.05, 0) is 18.9 Å². The second-order valence-electron chi connectivity index (χ2n) is 5.83.